The third-order valence-electron chi connectivity index (χ3n) is 3.25. The molecule has 0 saturated heterocycles. The molecule has 20 heavy (non-hydrogen) atoms. The summed E-state index contributed by atoms with van der Waals surface area (Å²) in [4.78, 5) is 4.31. The normalized spacial score (nSPS) is 10.1. The van der Waals surface area contributed by atoms with Gasteiger partial charge in [0, 0.05) is 12.7 Å². The first-order valence-electron chi connectivity index (χ1n) is 6.68. The molecule has 2 N–H and O–H groups in total. The second-order valence-corrected chi connectivity index (χ2v) is 5.13. The Morgan fingerprint density at radius 1 is 1.15 bits per heavy atom. The quantitative estimate of drug-likeness (QED) is 0.846. The summed E-state index contributed by atoms with van der Waals surface area (Å²) >= 11 is 5.29. The lowest BCUT2D eigenvalue weighted by atomic mass is 10.1. The van der Waals surface area contributed by atoms with E-state index in [1.807, 2.05) is 31.2 Å². The highest BCUT2D eigenvalue weighted by molar-refractivity contribution is 7.80. The van der Waals surface area contributed by atoms with Crippen molar-refractivity contribution in [1.29, 1.82) is 0 Å². The van der Waals surface area contributed by atoms with Crippen LogP contribution in [0.1, 0.15) is 16.7 Å². The summed E-state index contributed by atoms with van der Waals surface area (Å²) in [7, 11) is 0. The van der Waals surface area contributed by atoms with Crippen molar-refractivity contribution in [2.45, 2.75) is 20.3 Å². The van der Waals surface area contributed by atoms with Crippen LogP contribution in [-0.2, 0) is 6.42 Å². The number of thiocarbonyl (C=S) groups is 1. The standard InChI is InChI=1S/C16H19N3S/c1-12-8-10-17-15(13(12)2)19-16(20)18-11-9-14-6-4-3-5-7-14/h3-8,10H,9,11H2,1-2H3,(H2,17,18,19,20). The van der Waals surface area contributed by atoms with Crippen LogP contribution in [0.4, 0.5) is 5.82 Å². The molecule has 0 aliphatic heterocycles. The average Bonchev–Trinajstić information content (AvgIpc) is 2.45. The second kappa shape index (κ2) is 7.01. The van der Waals surface area contributed by atoms with Crippen molar-refractivity contribution in [2.75, 3.05) is 11.9 Å². The first kappa shape index (κ1) is 14.5. The topological polar surface area (TPSA) is 37.0 Å². The van der Waals surface area contributed by atoms with Crippen LogP contribution in [0.5, 0.6) is 0 Å². The van der Waals surface area contributed by atoms with E-state index in [0.717, 1.165) is 24.3 Å². The summed E-state index contributed by atoms with van der Waals surface area (Å²) in [6.07, 6.45) is 2.74. The van der Waals surface area contributed by atoms with E-state index in [2.05, 4.69) is 34.7 Å². The number of benzene rings is 1. The maximum absolute atomic E-state index is 5.29. The van der Waals surface area contributed by atoms with Gasteiger partial charge in [0.2, 0.25) is 0 Å². The van der Waals surface area contributed by atoms with E-state index in [4.69, 9.17) is 12.2 Å². The lowest BCUT2D eigenvalue weighted by molar-refractivity contribution is 0.873. The van der Waals surface area contributed by atoms with Gasteiger partial charge >= 0.3 is 0 Å². The third kappa shape index (κ3) is 4.03. The fourth-order valence-electron chi connectivity index (χ4n) is 1.87. The number of pyridine rings is 1. The predicted molar refractivity (Wildman–Crippen MR) is 88.1 cm³/mol. The van der Waals surface area contributed by atoms with Gasteiger partial charge in [0.1, 0.15) is 5.82 Å². The Morgan fingerprint density at radius 3 is 2.65 bits per heavy atom. The van der Waals surface area contributed by atoms with Gasteiger partial charge in [-0.15, -0.1) is 0 Å². The fraction of sp³-hybridized carbons (Fsp3) is 0.250. The molecule has 2 aromatic rings. The lowest BCUT2D eigenvalue weighted by Gasteiger charge is -2.12. The SMILES string of the molecule is Cc1ccnc(NC(=S)NCCc2ccccc2)c1C. The lowest BCUT2D eigenvalue weighted by Crippen LogP contribution is -2.30. The molecule has 1 aromatic heterocycles. The van der Waals surface area contributed by atoms with E-state index in [0.29, 0.717) is 5.11 Å². The van der Waals surface area contributed by atoms with Crippen LogP contribution in [-0.4, -0.2) is 16.6 Å². The molecular formula is C16H19N3S. The molecule has 0 radical (unpaired) electrons. The largest absolute Gasteiger partial charge is 0.362 e. The summed E-state index contributed by atoms with van der Waals surface area (Å²) in [5, 5.41) is 6.97. The minimum absolute atomic E-state index is 0.613. The summed E-state index contributed by atoms with van der Waals surface area (Å²) in [6, 6.07) is 12.3. The smallest absolute Gasteiger partial charge is 0.171 e. The highest BCUT2D eigenvalue weighted by Gasteiger charge is 2.04. The Hall–Kier alpha value is -1.94. The van der Waals surface area contributed by atoms with Crippen LogP contribution in [0.2, 0.25) is 0 Å². The molecule has 104 valence electrons. The number of nitrogens with zero attached hydrogens (tertiary/aromatic N) is 1. The molecule has 0 aliphatic rings. The molecule has 1 heterocycles. The summed E-state index contributed by atoms with van der Waals surface area (Å²) in [6.45, 7) is 4.91. The molecule has 0 bridgehead atoms. The predicted octanol–water partition coefficient (Wildman–Crippen LogP) is 3.23. The van der Waals surface area contributed by atoms with Gasteiger partial charge in [0.15, 0.2) is 5.11 Å². The molecule has 0 unspecified atom stereocenters. The number of hydrogen-bond donors (Lipinski definition) is 2. The van der Waals surface area contributed by atoms with E-state index in [1.165, 1.54) is 11.1 Å². The minimum Gasteiger partial charge on any atom is -0.362 e. The first-order chi connectivity index (χ1) is 9.66. The molecule has 4 heteroatoms. The zero-order valence-corrected chi connectivity index (χ0v) is 12.6. The monoisotopic (exact) mass is 285 g/mol. The van der Waals surface area contributed by atoms with Gasteiger partial charge in [-0.2, -0.15) is 0 Å². The van der Waals surface area contributed by atoms with Crippen LogP contribution < -0.4 is 10.6 Å². The molecule has 0 saturated carbocycles. The van der Waals surface area contributed by atoms with Gasteiger partial charge in [-0.05, 0) is 55.2 Å². The molecule has 3 nitrogen and oxygen atoms in total. The van der Waals surface area contributed by atoms with Crippen LogP contribution in [0.15, 0.2) is 42.6 Å². The van der Waals surface area contributed by atoms with Crippen molar-refractivity contribution in [3.63, 3.8) is 0 Å². The van der Waals surface area contributed by atoms with Crippen molar-refractivity contribution in [3.8, 4) is 0 Å². The molecule has 1 aromatic carbocycles. The zero-order valence-electron chi connectivity index (χ0n) is 11.8. The number of aromatic nitrogens is 1. The van der Waals surface area contributed by atoms with Crippen molar-refractivity contribution in [3.05, 3.63) is 59.3 Å². The van der Waals surface area contributed by atoms with Gasteiger partial charge in [-0.3, -0.25) is 0 Å². The molecule has 0 fully saturated rings. The van der Waals surface area contributed by atoms with E-state index in [9.17, 15) is 0 Å². The zero-order chi connectivity index (χ0) is 14.4. The Bertz CT molecular complexity index is 582. The van der Waals surface area contributed by atoms with Gasteiger partial charge in [0.25, 0.3) is 0 Å². The van der Waals surface area contributed by atoms with Crippen molar-refractivity contribution >= 4 is 23.1 Å². The molecule has 0 amide bonds. The Labute approximate surface area is 125 Å². The van der Waals surface area contributed by atoms with E-state index >= 15 is 0 Å². The maximum atomic E-state index is 5.29. The average molecular weight is 285 g/mol. The minimum atomic E-state index is 0.613. The van der Waals surface area contributed by atoms with E-state index in [1.54, 1.807) is 6.20 Å². The van der Waals surface area contributed by atoms with Gasteiger partial charge in [-0.1, -0.05) is 30.3 Å². The first-order valence-corrected chi connectivity index (χ1v) is 7.08. The fourth-order valence-corrected chi connectivity index (χ4v) is 2.07. The molecular weight excluding hydrogens is 266 g/mol. The number of hydrogen-bond acceptors (Lipinski definition) is 2. The van der Waals surface area contributed by atoms with Crippen LogP contribution in [0.3, 0.4) is 0 Å². The second-order valence-electron chi connectivity index (χ2n) is 4.72. The van der Waals surface area contributed by atoms with Gasteiger partial charge in [0.05, 0.1) is 0 Å². The Morgan fingerprint density at radius 2 is 1.90 bits per heavy atom. The van der Waals surface area contributed by atoms with Crippen LogP contribution in [0.25, 0.3) is 0 Å². The summed E-state index contributed by atoms with van der Waals surface area (Å²) in [5.74, 6) is 0.821. The Kier molecular flexibility index (Phi) is 5.07. The van der Waals surface area contributed by atoms with Crippen molar-refractivity contribution in [1.82, 2.24) is 10.3 Å². The molecule has 0 aliphatic carbocycles. The van der Waals surface area contributed by atoms with Crippen LogP contribution >= 0.6 is 12.2 Å². The molecule has 0 spiro atoms. The number of nitrogens with one attached hydrogen (secondary N) is 2. The van der Waals surface area contributed by atoms with Crippen LogP contribution in [0, 0.1) is 13.8 Å². The number of anilines is 1. The Balaban J connectivity index is 1.82. The maximum Gasteiger partial charge on any atom is 0.171 e. The van der Waals surface area contributed by atoms with Gasteiger partial charge in [-0.25, -0.2) is 4.98 Å². The van der Waals surface area contributed by atoms with Crippen molar-refractivity contribution < 1.29 is 0 Å². The summed E-state index contributed by atoms with van der Waals surface area (Å²) in [5.41, 5.74) is 3.63. The van der Waals surface area contributed by atoms with Gasteiger partial charge < -0.3 is 10.6 Å². The van der Waals surface area contributed by atoms with E-state index < -0.39 is 0 Å². The highest BCUT2D eigenvalue weighted by atomic mass is 32.1. The molecule has 0 atom stereocenters. The third-order valence-corrected chi connectivity index (χ3v) is 3.50. The highest BCUT2D eigenvalue weighted by Crippen LogP contribution is 2.14. The number of rotatable bonds is 4. The van der Waals surface area contributed by atoms with Crippen molar-refractivity contribution in [2.24, 2.45) is 0 Å². The number of aryl methyl sites for hydroxylation is 1. The molecule has 2 rings (SSSR count). The summed E-state index contributed by atoms with van der Waals surface area (Å²) < 4.78 is 0. The van der Waals surface area contributed by atoms with E-state index in [-0.39, 0.29) is 0 Å².